The van der Waals surface area contributed by atoms with Crippen molar-refractivity contribution in [3.05, 3.63) is 51.0 Å². The normalized spacial score (nSPS) is 14.8. The van der Waals surface area contributed by atoms with Gasteiger partial charge in [-0.15, -0.1) is 0 Å². The maximum Gasteiger partial charge on any atom is 0.312 e. The fraction of sp³-hybridized carbons (Fsp3) is 0.316. The van der Waals surface area contributed by atoms with Gasteiger partial charge < -0.3 is 19.5 Å². The van der Waals surface area contributed by atoms with Crippen LogP contribution in [0.5, 0.6) is 17.2 Å². The van der Waals surface area contributed by atoms with Crippen molar-refractivity contribution in [1.82, 2.24) is 0 Å². The molecular weight excluding hydrogens is 388 g/mol. The molecule has 0 aromatic heterocycles. The number of amides is 1. The zero-order valence-electron chi connectivity index (χ0n) is 15.4. The fourth-order valence-electron chi connectivity index (χ4n) is 2.90. The van der Waals surface area contributed by atoms with Crippen LogP contribution in [0.4, 0.5) is 11.4 Å². The molecule has 0 fully saturated rings. The summed E-state index contributed by atoms with van der Waals surface area (Å²) >= 11 is 5.77. The summed E-state index contributed by atoms with van der Waals surface area (Å²) in [4.78, 5) is 22.8. The Morgan fingerprint density at radius 1 is 1.32 bits per heavy atom. The second-order valence-corrected chi connectivity index (χ2v) is 6.66. The topological polar surface area (TPSA) is 99.9 Å². The molecule has 0 bridgehead atoms. The van der Waals surface area contributed by atoms with E-state index in [0.717, 1.165) is 12.0 Å². The van der Waals surface area contributed by atoms with Crippen LogP contribution < -0.4 is 19.5 Å². The smallest absolute Gasteiger partial charge is 0.312 e. The van der Waals surface area contributed by atoms with Gasteiger partial charge in [-0.05, 0) is 32.0 Å². The zero-order chi connectivity index (χ0) is 20.3. The van der Waals surface area contributed by atoms with Crippen LogP contribution in [-0.2, 0) is 11.2 Å². The first-order chi connectivity index (χ1) is 13.4. The van der Waals surface area contributed by atoms with E-state index in [1.807, 2.05) is 19.9 Å². The number of nitro benzene ring substituents is 1. The van der Waals surface area contributed by atoms with Crippen molar-refractivity contribution in [3.8, 4) is 17.2 Å². The summed E-state index contributed by atoms with van der Waals surface area (Å²) in [5, 5.41) is 14.0. The number of halogens is 1. The molecule has 1 atom stereocenters. The fourth-order valence-corrected chi connectivity index (χ4v) is 3.06. The summed E-state index contributed by atoms with van der Waals surface area (Å²) in [5.74, 6) is 0.696. The van der Waals surface area contributed by atoms with Crippen molar-refractivity contribution >= 4 is 28.9 Å². The van der Waals surface area contributed by atoms with Gasteiger partial charge in [0, 0.05) is 29.1 Å². The van der Waals surface area contributed by atoms with Gasteiger partial charge >= 0.3 is 5.69 Å². The molecule has 0 saturated heterocycles. The first kappa shape index (κ1) is 19.8. The van der Waals surface area contributed by atoms with Gasteiger partial charge in [0.05, 0.1) is 17.2 Å². The molecule has 8 nitrogen and oxygen atoms in total. The van der Waals surface area contributed by atoms with E-state index >= 15 is 0 Å². The van der Waals surface area contributed by atoms with Crippen molar-refractivity contribution in [3.63, 3.8) is 0 Å². The minimum atomic E-state index is -0.620. The third-order valence-electron chi connectivity index (χ3n) is 4.05. The number of benzene rings is 2. The summed E-state index contributed by atoms with van der Waals surface area (Å²) in [6.45, 7) is 3.83. The van der Waals surface area contributed by atoms with E-state index in [2.05, 4.69) is 5.32 Å². The molecule has 1 aliphatic rings. The number of anilines is 1. The molecule has 0 spiro atoms. The third kappa shape index (κ3) is 4.45. The van der Waals surface area contributed by atoms with E-state index in [-0.39, 0.29) is 22.6 Å². The van der Waals surface area contributed by atoms with Crippen LogP contribution in [0.25, 0.3) is 0 Å². The van der Waals surface area contributed by atoms with Gasteiger partial charge in [0.25, 0.3) is 5.91 Å². The van der Waals surface area contributed by atoms with Crippen LogP contribution in [0, 0.1) is 10.1 Å². The van der Waals surface area contributed by atoms with Crippen LogP contribution in [0.15, 0.2) is 30.3 Å². The number of nitrogens with one attached hydrogen (secondary N) is 1. The van der Waals surface area contributed by atoms with E-state index in [4.69, 9.17) is 25.8 Å². The van der Waals surface area contributed by atoms with E-state index in [1.54, 1.807) is 6.07 Å². The van der Waals surface area contributed by atoms with E-state index < -0.39 is 17.4 Å². The molecule has 1 N–H and O–H groups in total. The Morgan fingerprint density at radius 3 is 2.82 bits per heavy atom. The molecule has 0 radical (unpaired) electrons. The largest absolute Gasteiger partial charge is 0.492 e. The number of ether oxygens (including phenoxy) is 3. The predicted molar refractivity (Wildman–Crippen MR) is 104 cm³/mol. The maximum atomic E-state index is 12.3. The summed E-state index contributed by atoms with van der Waals surface area (Å²) in [6.07, 6.45) is 0.830. The Hall–Kier alpha value is -3.00. The van der Waals surface area contributed by atoms with Gasteiger partial charge in [-0.2, -0.15) is 0 Å². The first-order valence-electron chi connectivity index (χ1n) is 8.70. The minimum Gasteiger partial charge on any atom is -0.492 e. The molecule has 148 valence electrons. The Morgan fingerprint density at radius 2 is 2.11 bits per heavy atom. The number of hydrogen-bond acceptors (Lipinski definition) is 6. The highest BCUT2D eigenvalue weighted by atomic mass is 35.5. The monoisotopic (exact) mass is 406 g/mol. The molecule has 2 aromatic rings. The van der Waals surface area contributed by atoms with E-state index in [1.165, 1.54) is 18.2 Å². The highest BCUT2D eigenvalue weighted by Gasteiger charge is 2.23. The molecule has 1 aliphatic heterocycles. The lowest BCUT2D eigenvalue weighted by molar-refractivity contribution is -0.385. The van der Waals surface area contributed by atoms with Crippen LogP contribution in [-0.4, -0.2) is 30.1 Å². The minimum absolute atomic E-state index is 0.0410. The highest BCUT2D eigenvalue weighted by Crippen LogP contribution is 2.38. The van der Waals surface area contributed by atoms with Crippen LogP contribution >= 0.6 is 11.6 Å². The lowest BCUT2D eigenvalue weighted by Gasteiger charge is -2.14. The van der Waals surface area contributed by atoms with Gasteiger partial charge in [0.2, 0.25) is 0 Å². The van der Waals surface area contributed by atoms with Crippen molar-refractivity contribution in [2.75, 3.05) is 18.5 Å². The quantitative estimate of drug-likeness (QED) is 0.551. The summed E-state index contributed by atoms with van der Waals surface area (Å²) in [6, 6.07) is 7.54. The molecule has 9 heteroatoms. The third-order valence-corrected chi connectivity index (χ3v) is 4.28. The Kier molecular flexibility index (Phi) is 5.89. The lowest BCUT2D eigenvalue weighted by atomic mass is 10.1. The number of hydrogen-bond donors (Lipinski definition) is 1. The Balaban J connectivity index is 1.72. The number of fused-ring (bicyclic) bond motifs is 1. The first-order valence-corrected chi connectivity index (χ1v) is 9.08. The van der Waals surface area contributed by atoms with Crippen molar-refractivity contribution < 1.29 is 23.9 Å². The molecule has 1 amide bonds. The predicted octanol–water partition coefficient (Wildman–Crippen LogP) is 3.99. The summed E-state index contributed by atoms with van der Waals surface area (Å²) < 4.78 is 16.6. The SMILES string of the molecule is CCOc1cc2c(cc1NC(=O)COc1ccc(Cl)cc1[N+](=O)[O-])OC(C)C2. The van der Waals surface area contributed by atoms with Crippen LogP contribution in [0.1, 0.15) is 19.4 Å². The van der Waals surface area contributed by atoms with Crippen molar-refractivity contribution in [2.24, 2.45) is 0 Å². The second-order valence-electron chi connectivity index (χ2n) is 6.23. The standard InChI is InChI=1S/C19H19ClN2O6/c1-3-26-18-7-12-6-11(2)28-17(12)9-14(18)21-19(23)10-27-16-5-4-13(20)8-15(16)22(24)25/h4-5,7-9,11H,3,6,10H2,1-2H3,(H,21,23). The lowest BCUT2D eigenvalue weighted by Crippen LogP contribution is -2.21. The molecule has 1 heterocycles. The average molecular weight is 407 g/mol. The van der Waals surface area contributed by atoms with E-state index in [0.29, 0.717) is 23.8 Å². The summed E-state index contributed by atoms with van der Waals surface area (Å²) in [7, 11) is 0. The van der Waals surface area contributed by atoms with Crippen LogP contribution in [0.2, 0.25) is 5.02 Å². The van der Waals surface area contributed by atoms with Gasteiger partial charge in [0.15, 0.2) is 12.4 Å². The second kappa shape index (κ2) is 8.35. The number of carbonyl (C=O) groups is 1. The number of rotatable bonds is 7. The maximum absolute atomic E-state index is 12.3. The molecule has 2 aromatic carbocycles. The van der Waals surface area contributed by atoms with Gasteiger partial charge in [-0.3, -0.25) is 14.9 Å². The number of carbonyl (C=O) groups excluding carboxylic acids is 1. The van der Waals surface area contributed by atoms with Crippen molar-refractivity contribution in [2.45, 2.75) is 26.4 Å². The summed E-state index contributed by atoms with van der Waals surface area (Å²) in [5.41, 5.74) is 1.16. The number of nitro groups is 1. The Bertz CT molecular complexity index is 918. The van der Waals surface area contributed by atoms with Gasteiger partial charge in [-0.25, -0.2) is 0 Å². The number of nitrogens with zero attached hydrogens (tertiary/aromatic N) is 1. The molecule has 0 saturated carbocycles. The zero-order valence-corrected chi connectivity index (χ0v) is 16.1. The Labute approximate surface area is 166 Å². The molecule has 28 heavy (non-hydrogen) atoms. The molecule has 1 unspecified atom stereocenters. The van der Waals surface area contributed by atoms with Crippen LogP contribution in [0.3, 0.4) is 0 Å². The van der Waals surface area contributed by atoms with Gasteiger partial charge in [-0.1, -0.05) is 11.6 Å². The molecular formula is C19H19ClN2O6. The average Bonchev–Trinajstić information content (AvgIpc) is 2.99. The van der Waals surface area contributed by atoms with Crippen molar-refractivity contribution in [1.29, 1.82) is 0 Å². The molecule has 0 aliphatic carbocycles. The van der Waals surface area contributed by atoms with Gasteiger partial charge in [0.1, 0.15) is 17.6 Å². The molecule has 3 rings (SSSR count). The van der Waals surface area contributed by atoms with E-state index in [9.17, 15) is 14.9 Å². The highest BCUT2D eigenvalue weighted by molar-refractivity contribution is 6.30.